The lowest BCUT2D eigenvalue weighted by Crippen LogP contribution is -2.41. The molecule has 0 bridgehead atoms. The first-order chi connectivity index (χ1) is 8.70. The van der Waals surface area contributed by atoms with E-state index in [1.165, 1.54) is 0 Å². The molecule has 100 valence electrons. The van der Waals surface area contributed by atoms with E-state index in [9.17, 15) is 4.79 Å². The lowest BCUT2D eigenvalue weighted by molar-refractivity contribution is -0.120. The number of nitrogens with one attached hydrogen (secondary N) is 2. The van der Waals surface area contributed by atoms with Gasteiger partial charge < -0.3 is 14.6 Å². The normalized spacial score (nSPS) is 23.2. The molecule has 0 aromatic carbocycles. The number of amides is 1. The van der Waals surface area contributed by atoms with Gasteiger partial charge >= 0.3 is 6.01 Å². The molecule has 0 spiro atoms. The SMILES string of the molecule is CCCNC1COCC1C(=O)Nc1nc(C)no1. The van der Waals surface area contributed by atoms with Crippen LogP contribution in [0.25, 0.3) is 0 Å². The fraction of sp³-hybridized carbons (Fsp3) is 0.727. The number of aromatic nitrogens is 2. The van der Waals surface area contributed by atoms with Gasteiger partial charge in [-0.05, 0) is 19.9 Å². The quantitative estimate of drug-likeness (QED) is 0.787. The van der Waals surface area contributed by atoms with Gasteiger partial charge in [0.1, 0.15) is 0 Å². The summed E-state index contributed by atoms with van der Waals surface area (Å²) in [5, 5.41) is 9.53. The highest BCUT2D eigenvalue weighted by Crippen LogP contribution is 2.16. The van der Waals surface area contributed by atoms with Crippen molar-refractivity contribution in [3.63, 3.8) is 0 Å². The number of carbonyl (C=O) groups excluding carboxylic acids is 1. The summed E-state index contributed by atoms with van der Waals surface area (Å²) in [6.07, 6.45) is 1.02. The van der Waals surface area contributed by atoms with Crippen LogP contribution in [0.2, 0.25) is 0 Å². The van der Waals surface area contributed by atoms with Gasteiger partial charge in [-0.3, -0.25) is 10.1 Å². The first kappa shape index (κ1) is 13.0. The van der Waals surface area contributed by atoms with Crippen molar-refractivity contribution in [3.05, 3.63) is 5.82 Å². The second-order valence-corrected chi connectivity index (χ2v) is 4.34. The summed E-state index contributed by atoms with van der Waals surface area (Å²) in [7, 11) is 0. The van der Waals surface area contributed by atoms with Gasteiger partial charge in [-0.2, -0.15) is 4.98 Å². The predicted molar refractivity (Wildman–Crippen MR) is 64.1 cm³/mol. The molecule has 1 aliphatic rings. The minimum absolute atomic E-state index is 0.0500. The summed E-state index contributed by atoms with van der Waals surface area (Å²) < 4.78 is 10.2. The Bertz CT molecular complexity index is 407. The van der Waals surface area contributed by atoms with E-state index in [1.807, 2.05) is 0 Å². The topological polar surface area (TPSA) is 89.3 Å². The Labute approximate surface area is 105 Å². The highest BCUT2D eigenvalue weighted by Gasteiger charge is 2.34. The van der Waals surface area contributed by atoms with E-state index < -0.39 is 0 Å². The Morgan fingerprint density at radius 2 is 2.33 bits per heavy atom. The number of anilines is 1. The third-order valence-electron chi connectivity index (χ3n) is 2.83. The molecule has 1 saturated heterocycles. The molecule has 2 unspecified atom stereocenters. The molecule has 2 atom stereocenters. The maximum atomic E-state index is 12.0. The van der Waals surface area contributed by atoms with Crippen molar-refractivity contribution in [3.8, 4) is 0 Å². The van der Waals surface area contributed by atoms with E-state index in [0.717, 1.165) is 13.0 Å². The molecule has 0 aliphatic carbocycles. The zero-order chi connectivity index (χ0) is 13.0. The first-order valence-electron chi connectivity index (χ1n) is 6.13. The minimum Gasteiger partial charge on any atom is -0.379 e. The van der Waals surface area contributed by atoms with E-state index >= 15 is 0 Å². The molecule has 18 heavy (non-hydrogen) atoms. The van der Waals surface area contributed by atoms with Crippen molar-refractivity contribution < 1.29 is 14.1 Å². The molecular formula is C11H18N4O3. The molecular weight excluding hydrogens is 236 g/mol. The van der Waals surface area contributed by atoms with Crippen molar-refractivity contribution >= 4 is 11.9 Å². The monoisotopic (exact) mass is 254 g/mol. The summed E-state index contributed by atoms with van der Waals surface area (Å²) in [5.74, 6) is 0.127. The van der Waals surface area contributed by atoms with Crippen molar-refractivity contribution in [1.29, 1.82) is 0 Å². The van der Waals surface area contributed by atoms with Crippen molar-refractivity contribution in [2.24, 2.45) is 5.92 Å². The average molecular weight is 254 g/mol. The molecule has 7 heteroatoms. The molecule has 1 aromatic rings. The lowest BCUT2D eigenvalue weighted by Gasteiger charge is -2.17. The van der Waals surface area contributed by atoms with Gasteiger partial charge in [-0.25, -0.2) is 0 Å². The van der Waals surface area contributed by atoms with Crippen LogP contribution in [0.3, 0.4) is 0 Å². The third kappa shape index (κ3) is 3.05. The number of hydrogen-bond donors (Lipinski definition) is 2. The van der Waals surface area contributed by atoms with E-state index in [0.29, 0.717) is 19.0 Å². The molecule has 2 N–H and O–H groups in total. The summed E-state index contributed by atoms with van der Waals surface area (Å²) in [6, 6.07) is 0.188. The number of carbonyl (C=O) groups is 1. The van der Waals surface area contributed by atoms with Crippen molar-refractivity contribution in [2.75, 3.05) is 25.1 Å². The molecule has 2 heterocycles. The lowest BCUT2D eigenvalue weighted by atomic mass is 10.0. The zero-order valence-corrected chi connectivity index (χ0v) is 10.6. The maximum Gasteiger partial charge on any atom is 0.328 e. The van der Waals surface area contributed by atoms with Crippen molar-refractivity contribution in [1.82, 2.24) is 15.5 Å². The Kier molecular flexibility index (Phi) is 4.27. The van der Waals surface area contributed by atoms with Gasteiger partial charge in [0.2, 0.25) is 5.91 Å². The average Bonchev–Trinajstić information content (AvgIpc) is 2.95. The third-order valence-corrected chi connectivity index (χ3v) is 2.83. The highest BCUT2D eigenvalue weighted by atomic mass is 16.5. The number of nitrogens with zero attached hydrogens (tertiary/aromatic N) is 2. The van der Waals surface area contributed by atoms with Crippen LogP contribution in [0, 0.1) is 12.8 Å². The van der Waals surface area contributed by atoms with Crippen LogP contribution in [0.1, 0.15) is 19.2 Å². The minimum atomic E-state index is -0.219. The largest absolute Gasteiger partial charge is 0.379 e. The number of rotatable bonds is 5. The van der Waals surface area contributed by atoms with Gasteiger partial charge in [0.05, 0.1) is 19.1 Å². The van der Waals surface area contributed by atoms with Gasteiger partial charge in [-0.1, -0.05) is 12.1 Å². The van der Waals surface area contributed by atoms with Crippen LogP contribution >= 0.6 is 0 Å². The zero-order valence-electron chi connectivity index (χ0n) is 10.6. The standard InChI is InChI=1S/C11H18N4O3/c1-3-4-12-9-6-17-5-8(9)10(16)14-11-13-7(2)15-18-11/h8-9,12H,3-6H2,1-2H3,(H,13,14,15,16). The Balaban J connectivity index is 1.91. The molecule has 1 aliphatic heterocycles. The fourth-order valence-electron chi connectivity index (χ4n) is 1.89. The first-order valence-corrected chi connectivity index (χ1v) is 6.13. The summed E-state index contributed by atoms with van der Waals surface area (Å²) >= 11 is 0. The van der Waals surface area contributed by atoms with E-state index in [4.69, 9.17) is 9.26 Å². The molecule has 0 saturated carbocycles. The van der Waals surface area contributed by atoms with Crippen molar-refractivity contribution in [2.45, 2.75) is 26.3 Å². The van der Waals surface area contributed by atoms with Crippen LogP contribution < -0.4 is 10.6 Å². The Morgan fingerprint density at radius 1 is 1.50 bits per heavy atom. The molecule has 2 rings (SSSR count). The number of ether oxygens (including phenoxy) is 1. The van der Waals surface area contributed by atoms with Crippen LogP contribution in [0.15, 0.2) is 4.52 Å². The van der Waals surface area contributed by atoms with Crippen LogP contribution in [0.4, 0.5) is 6.01 Å². The van der Waals surface area contributed by atoms with E-state index in [-0.39, 0.29) is 23.9 Å². The van der Waals surface area contributed by atoms with Gasteiger partial charge in [0.25, 0.3) is 0 Å². The van der Waals surface area contributed by atoms with E-state index in [2.05, 4.69) is 27.7 Å². The van der Waals surface area contributed by atoms with Gasteiger partial charge in [-0.15, -0.1) is 0 Å². The molecule has 7 nitrogen and oxygen atoms in total. The smallest absolute Gasteiger partial charge is 0.328 e. The van der Waals surface area contributed by atoms with Crippen LogP contribution in [0.5, 0.6) is 0 Å². The fourth-order valence-corrected chi connectivity index (χ4v) is 1.89. The second-order valence-electron chi connectivity index (χ2n) is 4.34. The second kappa shape index (κ2) is 5.92. The highest BCUT2D eigenvalue weighted by molar-refractivity contribution is 5.91. The summed E-state index contributed by atoms with van der Waals surface area (Å²) in [5.41, 5.74) is 0. The number of aryl methyl sites for hydroxylation is 1. The molecule has 1 fully saturated rings. The Morgan fingerprint density at radius 3 is 3.00 bits per heavy atom. The summed E-state index contributed by atoms with van der Waals surface area (Å²) in [6.45, 7) is 5.63. The molecule has 1 aromatic heterocycles. The van der Waals surface area contributed by atoms with Gasteiger partial charge in [0, 0.05) is 6.04 Å². The van der Waals surface area contributed by atoms with Gasteiger partial charge in [0.15, 0.2) is 5.82 Å². The van der Waals surface area contributed by atoms with Crippen LogP contribution in [-0.4, -0.2) is 41.8 Å². The molecule has 1 amide bonds. The Hall–Kier alpha value is -1.47. The summed E-state index contributed by atoms with van der Waals surface area (Å²) in [4.78, 5) is 16.0. The number of hydrogen-bond acceptors (Lipinski definition) is 6. The molecule has 0 radical (unpaired) electrons. The van der Waals surface area contributed by atoms with E-state index in [1.54, 1.807) is 6.92 Å². The predicted octanol–water partition coefficient (Wildman–Crippen LogP) is 0.331. The van der Waals surface area contributed by atoms with Crippen LogP contribution in [-0.2, 0) is 9.53 Å². The maximum absolute atomic E-state index is 12.0.